The number of nitrogens with zero attached hydrogens (tertiary/aromatic N) is 3. The molecule has 5 heteroatoms. The minimum atomic E-state index is -0.0316. The standard InChI is InChI=1S/C60H40N4S/c1-4-16-42(17-5-1)52-37-53(43-18-6-2-7-19-43)62-59(61-52)45-31-27-40(28-32-45)48-35-36-49(58-57(48)51-24-12-13-26-56(51)65-58)41-29-33-46(34-30-41)60-63-54(44-20-8-3-9-21-44)38-55(64-60)50-25-14-22-39-15-10-11-23-47(39)50/h1-38,54H,(H,63,64). The quantitative estimate of drug-likeness (QED) is 0.166. The Labute approximate surface area is 381 Å². The summed E-state index contributed by atoms with van der Waals surface area (Å²) >= 11 is 1.86. The minimum Gasteiger partial charge on any atom is -0.359 e. The predicted octanol–water partition coefficient (Wildman–Crippen LogP) is 15.5. The molecule has 0 bridgehead atoms. The second kappa shape index (κ2) is 16.5. The number of fused-ring (bicyclic) bond motifs is 4. The summed E-state index contributed by atoms with van der Waals surface area (Å²) in [7, 11) is 0. The highest BCUT2D eigenvalue weighted by Gasteiger charge is 2.22. The molecular formula is C60H40N4S. The number of rotatable bonds is 8. The van der Waals surface area contributed by atoms with Crippen LogP contribution in [0.4, 0.5) is 0 Å². The van der Waals surface area contributed by atoms with Crippen molar-refractivity contribution in [1.82, 2.24) is 15.3 Å². The van der Waals surface area contributed by atoms with Gasteiger partial charge in [0, 0.05) is 48.0 Å². The molecule has 1 aliphatic rings. The van der Waals surface area contributed by atoms with Crippen molar-refractivity contribution in [1.29, 1.82) is 0 Å². The van der Waals surface area contributed by atoms with Crippen LogP contribution in [-0.4, -0.2) is 15.8 Å². The van der Waals surface area contributed by atoms with Crippen LogP contribution in [-0.2, 0) is 0 Å². The number of amidine groups is 1. The molecule has 0 spiro atoms. The second-order valence-corrected chi connectivity index (χ2v) is 17.4. The number of aromatic nitrogens is 2. The van der Waals surface area contributed by atoms with E-state index in [4.69, 9.17) is 15.0 Å². The maximum Gasteiger partial charge on any atom is 0.160 e. The first-order chi connectivity index (χ1) is 32.2. The highest BCUT2D eigenvalue weighted by Crippen LogP contribution is 2.45. The number of nitrogens with one attached hydrogen (secondary N) is 1. The largest absolute Gasteiger partial charge is 0.359 e. The van der Waals surface area contributed by atoms with Gasteiger partial charge < -0.3 is 5.32 Å². The van der Waals surface area contributed by atoms with Gasteiger partial charge in [0.25, 0.3) is 0 Å². The van der Waals surface area contributed by atoms with E-state index < -0.39 is 0 Å². The number of hydrogen-bond acceptors (Lipinski definition) is 5. The first-order valence-electron chi connectivity index (χ1n) is 22.0. The number of aliphatic imine (C=N–C) groups is 1. The van der Waals surface area contributed by atoms with Crippen LogP contribution in [0.1, 0.15) is 22.7 Å². The Bertz CT molecular complexity index is 3530. The average molecular weight is 849 g/mol. The average Bonchev–Trinajstić information content (AvgIpc) is 3.79. The molecule has 306 valence electrons. The summed E-state index contributed by atoms with van der Waals surface area (Å²) in [4.78, 5) is 15.5. The Morgan fingerprint density at radius 2 is 0.969 bits per heavy atom. The molecule has 0 saturated carbocycles. The van der Waals surface area contributed by atoms with Crippen molar-refractivity contribution in [2.75, 3.05) is 0 Å². The highest BCUT2D eigenvalue weighted by atomic mass is 32.1. The zero-order valence-corrected chi connectivity index (χ0v) is 36.1. The van der Waals surface area contributed by atoms with Crippen molar-refractivity contribution in [3.8, 4) is 56.2 Å². The lowest BCUT2D eigenvalue weighted by molar-refractivity contribution is 0.781. The van der Waals surface area contributed by atoms with Crippen LogP contribution in [0.15, 0.2) is 236 Å². The summed E-state index contributed by atoms with van der Waals surface area (Å²) in [5.74, 6) is 1.56. The van der Waals surface area contributed by atoms with E-state index in [1.54, 1.807) is 0 Å². The maximum absolute atomic E-state index is 5.30. The van der Waals surface area contributed by atoms with Crippen LogP contribution >= 0.6 is 11.3 Å². The lowest BCUT2D eigenvalue weighted by Crippen LogP contribution is -2.31. The normalized spacial score (nSPS) is 13.7. The Balaban J connectivity index is 0.908. The molecule has 0 radical (unpaired) electrons. The van der Waals surface area contributed by atoms with Gasteiger partial charge in [0.2, 0.25) is 0 Å². The SMILES string of the molecule is C1=C(c2cccc3ccccc23)N=C(c2ccc(-c3ccc(-c4ccc(-c5nc(-c6ccccc6)cc(-c6ccccc6)n5)cc4)c4c3sc3ccccc34)cc2)NC1c1ccccc1. The fraction of sp³-hybridized carbons (Fsp3) is 0.0167. The Morgan fingerprint density at radius 1 is 0.415 bits per heavy atom. The molecule has 4 nitrogen and oxygen atoms in total. The Kier molecular flexibility index (Phi) is 9.73. The van der Waals surface area contributed by atoms with Gasteiger partial charge in [-0.15, -0.1) is 11.3 Å². The van der Waals surface area contributed by atoms with Gasteiger partial charge in [-0.3, -0.25) is 0 Å². The van der Waals surface area contributed by atoms with Gasteiger partial charge in [0.15, 0.2) is 5.82 Å². The van der Waals surface area contributed by atoms with Crippen molar-refractivity contribution in [3.63, 3.8) is 0 Å². The molecule has 12 rings (SSSR count). The number of benzene rings is 9. The molecule has 1 aliphatic heterocycles. The molecule has 0 saturated heterocycles. The summed E-state index contributed by atoms with van der Waals surface area (Å²) < 4.78 is 2.54. The predicted molar refractivity (Wildman–Crippen MR) is 273 cm³/mol. The molecule has 1 unspecified atom stereocenters. The molecule has 11 aromatic rings. The first kappa shape index (κ1) is 38.4. The van der Waals surface area contributed by atoms with Gasteiger partial charge in [0.1, 0.15) is 5.84 Å². The molecule has 0 aliphatic carbocycles. The summed E-state index contributed by atoms with van der Waals surface area (Å²) in [5.41, 5.74) is 13.9. The topological polar surface area (TPSA) is 50.2 Å². The van der Waals surface area contributed by atoms with Gasteiger partial charge in [0.05, 0.1) is 23.1 Å². The summed E-state index contributed by atoms with van der Waals surface area (Å²) in [6.07, 6.45) is 2.25. The second-order valence-electron chi connectivity index (χ2n) is 16.4. The van der Waals surface area contributed by atoms with Crippen LogP contribution in [0.3, 0.4) is 0 Å². The zero-order chi connectivity index (χ0) is 43.1. The molecule has 3 heterocycles. The lowest BCUT2D eigenvalue weighted by atomic mass is 9.94. The van der Waals surface area contributed by atoms with Crippen molar-refractivity contribution in [3.05, 3.63) is 247 Å². The van der Waals surface area contributed by atoms with E-state index in [1.807, 2.05) is 23.5 Å². The van der Waals surface area contributed by atoms with Gasteiger partial charge in [-0.2, -0.15) is 0 Å². The maximum atomic E-state index is 5.30. The van der Waals surface area contributed by atoms with E-state index >= 15 is 0 Å². The molecule has 0 amide bonds. The van der Waals surface area contributed by atoms with Crippen LogP contribution < -0.4 is 5.32 Å². The van der Waals surface area contributed by atoms with Crippen molar-refractivity contribution in [2.45, 2.75) is 6.04 Å². The molecule has 9 aromatic carbocycles. The van der Waals surface area contributed by atoms with Crippen molar-refractivity contribution >= 4 is 53.8 Å². The molecule has 1 atom stereocenters. The van der Waals surface area contributed by atoms with E-state index in [0.29, 0.717) is 5.82 Å². The number of thiophene rings is 1. The van der Waals surface area contributed by atoms with E-state index in [2.05, 4.69) is 224 Å². The fourth-order valence-electron chi connectivity index (χ4n) is 9.12. The third-order valence-corrected chi connectivity index (χ3v) is 13.6. The van der Waals surface area contributed by atoms with Crippen molar-refractivity contribution < 1.29 is 0 Å². The van der Waals surface area contributed by atoms with Crippen LogP contribution in [0.5, 0.6) is 0 Å². The smallest absolute Gasteiger partial charge is 0.160 e. The van der Waals surface area contributed by atoms with Crippen LogP contribution in [0.2, 0.25) is 0 Å². The number of hydrogen-bond donors (Lipinski definition) is 1. The molecule has 2 aromatic heterocycles. The summed E-state index contributed by atoms with van der Waals surface area (Å²) in [6, 6.07) is 79.3. The van der Waals surface area contributed by atoms with E-state index in [0.717, 1.165) is 61.9 Å². The van der Waals surface area contributed by atoms with Crippen LogP contribution in [0, 0.1) is 0 Å². The molecule has 65 heavy (non-hydrogen) atoms. The van der Waals surface area contributed by atoms with E-state index in [-0.39, 0.29) is 6.04 Å². The van der Waals surface area contributed by atoms with Crippen LogP contribution in [0.25, 0.3) is 92.8 Å². The van der Waals surface area contributed by atoms with Gasteiger partial charge in [-0.1, -0.05) is 212 Å². The Hall–Kier alpha value is -8.25. The van der Waals surface area contributed by atoms with E-state index in [9.17, 15) is 0 Å². The van der Waals surface area contributed by atoms with Gasteiger partial charge >= 0.3 is 0 Å². The third-order valence-electron chi connectivity index (χ3n) is 12.4. The molecule has 0 fully saturated rings. The fourth-order valence-corrected chi connectivity index (χ4v) is 10.4. The minimum absolute atomic E-state index is 0.0316. The first-order valence-corrected chi connectivity index (χ1v) is 22.8. The summed E-state index contributed by atoms with van der Waals surface area (Å²) in [5, 5.41) is 8.69. The Morgan fingerprint density at radius 3 is 1.68 bits per heavy atom. The van der Waals surface area contributed by atoms with E-state index in [1.165, 1.54) is 47.6 Å². The van der Waals surface area contributed by atoms with Crippen molar-refractivity contribution in [2.24, 2.45) is 4.99 Å². The monoisotopic (exact) mass is 848 g/mol. The highest BCUT2D eigenvalue weighted by molar-refractivity contribution is 7.26. The molecular weight excluding hydrogens is 809 g/mol. The molecule has 1 N–H and O–H groups in total. The van der Waals surface area contributed by atoms with Gasteiger partial charge in [-0.05, 0) is 56.8 Å². The van der Waals surface area contributed by atoms with Gasteiger partial charge in [-0.25, -0.2) is 15.0 Å². The summed E-state index contributed by atoms with van der Waals surface area (Å²) in [6.45, 7) is 0. The lowest BCUT2D eigenvalue weighted by Gasteiger charge is -2.25. The third kappa shape index (κ3) is 7.28. The zero-order valence-electron chi connectivity index (χ0n) is 35.3.